The molecule has 0 saturated heterocycles. The molecule has 0 amide bonds. The summed E-state index contributed by atoms with van der Waals surface area (Å²) in [7, 11) is 0. The van der Waals surface area contributed by atoms with Crippen molar-refractivity contribution in [3.8, 4) is 0 Å². The summed E-state index contributed by atoms with van der Waals surface area (Å²) in [5.74, 6) is -0.725. The zero-order valence-electron chi connectivity index (χ0n) is 11.7. The highest BCUT2D eigenvalue weighted by atomic mass is 16.5. The molecule has 1 aliphatic heterocycles. The lowest BCUT2D eigenvalue weighted by atomic mass is 9.87. The van der Waals surface area contributed by atoms with Gasteiger partial charge in [-0.3, -0.25) is 4.79 Å². The predicted molar refractivity (Wildman–Crippen MR) is 75.9 cm³/mol. The Kier molecular flexibility index (Phi) is 3.79. The Hall–Kier alpha value is -1.97. The van der Waals surface area contributed by atoms with Gasteiger partial charge in [-0.15, -0.1) is 0 Å². The molecule has 0 aliphatic carbocycles. The van der Waals surface area contributed by atoms with Crippen molar-refractivity contribution in [1.82, 2.24) is 0 Å². The van der Waals surface area contributed by atoms with Crippen molar-refractivity contribution < 1.29 is 9.53 Å². The van der Waals surface area contributed by atoms with E-state index >= 15 is 0 Å². The van der Waals surface area contributed by atoms with Gasteiger partial charge in [0.15, 0.2) is 0 Å². The fraction of sp³-hybridized carbons (Fsp3) is 0.400. The van der Waals surface area contributed by atoms with Gasteiger partial charge in [0.05, 0.1) is 18.0 Å². The number of carbonyl (C=O) groups is 1. The zero-order chi connectivity index (χ0) is 14.0. The molecule has 4 nitrogen and oxygen atoms in total. The average Bonchev–Trinajstić information content (AvgIpc) is 2.48. The largest absolute Gasteiger partial charge is 0.465 e. The third kappa shape index (κ3) is 2.43. The van der Waals surface area contributed by atoms with Gasteiger partial charge in [-0.1, -0.05) is 18.2 Å². The molecule has 19 heavy (non-hydrogen) atoms. The highest BCUT2D eigenvalue weighted by molar-refractivity contribution is 6.12. The summed E-state index contributed by atoms with van der Waals surface area (Å²) < 4.78 is 5.17. The van der Waals surface area contributed by atoms with Crippen molar-refractivity contribution in [3.63, 3.8) is 0 Å². The number of hydrogen-bond donors (Lipinski definition) is 0. The second-order valence-corrected chi connectivity index (χ2v) is 4.65. The molecule has 1 aromatic rings. The smallest absolute Gasteiger partial charge is 0.319 e. The zero-order valence-corrected chi connectivity index (χ0v) is 11.7. The van der Waals surface area contributed by atoms with Gasteiger partial charge in [-0.2, -0.15) is 10.2 Å². The van der Waals surface area contributed by atoms with E-state index in [2.05, 4.69) is 10.2 Å². The number of ether oxygens (including phenoxy) is 1. The number of hydrogen-bond acceptors (Lipinski definition) is 4. The molecule has 1 aliphatic rings. The van der Waals surface area contributed by atoms with Gasteiger partial charge in [0.2, 0.25) is 0 Å². The molecule has 0 spiro atoms. The fourth-order valence-corrected chi connectivity index (χ4v) is 2.44. The number of nitrogens with zero attached hydrogens (tertiary/aromatic N) is 2. The van der Waals surface area contributed by atoms with Gasteiger partial charge >= 0.3 is 5.97 Å². The van der Waals surface area contributed by atoms with Gasteiger partial charge in [0.1, 0.15) is 5.92 Å². The van der Waals surface area contributed by atoms with Crippen LogP contribution in [0.5, 0.6) is 0 Å². The van der Waals surface area contributed by atoms with E-state index < -0.39 is 5.92 Å². The SMILES string of the molecule is CCOC(=O)C1C(C)=NN=C(C)c2c(C)cccc21. The van der Waals surface area contributed by atoms with E-state index in [9.17, 15) is 4.79 Å². The van der Waals surface area contributed by atoms with Crippen LogP contribution in [0.3, 0.4) is 0 Å². The van der Waals surface area contributed by atoms with Crippen molar-refractivity contribution in [2.45, 2.75) is 33.6 Å². The van der Waals surface area contributed by atoms with Crippen LogP contribution in [-0.2, 0) is 9.53 Å². The van der Waals surface area contributed by atoms with E-state index in [0.717, 1.165) is 22.4 Å². The lowest BCUT2D eigenvalue weighted by molar-refractivity contribution is -0.143. The van der Waals surface area contributed by atoms with Crippen molar-refractivity contribution in [2.75, 3.05) is 6.61 Å². The predicted octanol–water partition coefficient (Wildman–Crippen LogP) is 2.84. The van der Waals surface area contributed by atoms with Crippen LogP contribution in [0.1, 0.15) is 43.4 Å². The van der Waals surface area contributed by atoms with Crippen LogP contribution >= 0.6 is 0 Å². The third-order valence-corrected chi connectivity index (χ3v) is 3.28. The average molecular weight is 258 g/mol. The molecule has 2 rings (SSSR count). The topological polar surface area (TPSA) is 51.0 Å². The van der Waals surface area contributed by atoms with Crippen molar-refractivity contribution >= 4 is 17.4 Å². The van der Waals surface area contributed by atoms with Gasteiger partial charge in [0, 0.05) is 5.56 Å². The number of aryl methyl sites for hydroxylation is 1. The number of fused-ring (bicyclic) bond motifs is 1. The minimum atomic E-state index is -0.462. The number of rotatable bonds is 2. The minimum Gasteiger partial charge on any atom is -0.465 e. The summed E-state index contributed by atoms with van der Waals surface area (Å²) in [6.45, 7) is 7.91. The lowest BCUT2D eigenvalue weighted by Crippen LogP contribution is -2.23. The number of carbonyl (C=O) groups excluding carboxylic acids is 1. The summed E-state index contributed by atoms with van der Waals surface area (Å²) in [6, 6.07) is 5.92. The second kappa shape index (κ2) is 5.34. The molecule has 0 aromatic heterocycles. The third-order valence-electron chi connectivity index (χ3n) is 3.28. The van der Waals surface area contributed by atoms with Crippen LogP contribution in [0.25, 0.3) is 0 Å². The fourth-order valence-electron chi connectivity index (χ4n) is 2.44. The first-order chi connectivity index (χ1) is 9.06. The minimum absolute atomic E-state index is 0.263. The Morgan fingerprint density at radius 1 is 1.26 bits per heavy atom. The Morgan fingerprint density at radius 3 is 2.68 bits per heavy atom. The highest BCUT2D eigenvalue weighted by Crippen LogP contribution is 2.28. The molecule has 0 N–H and O–H groups in total. The maximum absolute atomic E-state index is 12.2. The van der Waals surface area contributed by atoms with Crippen molar-refractivity contribution in [3.05, 3.63) is 34.9 Å². The van der Waals surface area contributed by atoms with E-state index in [4.69, 9.17) is 4.74 Å². The van der Waals surface area contributed by atoms with Gasteiger partial charge in [-0.25, -0.2) is 0 Å². The number of benzene rings is 1. The van der Waals surface area contributed by atoms with E-state index in [1.54, 1.807) is 6.92 Å². The molecule has 4 heteroatoms. The van der Waals surface area contributed by atoms with Gasteiger partial charge in [-0.05, 0) is 38.8 Å². The first-order valence-corrected chi connectivity index (χ1v) is 6.41. The Labute approximate surface area is 113 Å². The molecule has 0 bridgehead atoms. The van der Waals surface area contributed by atoms with Crippen LogP contribution in [0, 0.1) is 6.92 Å². The van der Waals surface area contributed by atoms with E-state index in [0.29, 0.717) is 12.3 Å². The molecule has 0 radical (unpaired) electrons. The van der Waals surface area contributed by atoms with Crippen LogP contribution in [0.2, 0.25) is 0 Å². The Bertz CT molecular complexity index is 574. The van der Waals surface area contributed by atoms with E-state index in [1.165, 1.54) is 0 Å². The van der Waals surface area contributed by atoms with Crippen molar-refractivity contribution in [1.29, 1.82) is 0 Å². The number of esters is 1. The molecule has 0 saturated carbocycles. The maximum atomic E-state index is 12.2. The Balaban J connectivity index is 2.61. The molecule has 1 atom stereocenters. The molecular formula is C15H18N2O2. The Morgan fingerprint density at radius 2 is 2.00 bits per heavy atom. The highest BCUT2D eigenvalue weighted by Gasteiger charge is 2.30. The summed E-state index contributed by atoms with van der Waals surface area (Å²) in [6.07, 6.45) is 0. The standard InChI is InChI=1S/C15H18N2O2/c1-5-19-15(18)14-11(4)17-16-10(3)13-9(2)7-6-8-12(13)14/h6-8,14H,5H2,1-4H3. The molecule has 0 fully saturated rings. The molecule has 1 unspecified atom stereocenters. The molecule has 100 valence electrons. The van der Waals surface area contributed by atoms with E-state index in [-0.39, 0.29) is 5.97 Å². The van der Waals surface area contributed by atoms with Crippen LogP contribution < -0.4 is 0 Å². The molecule has 1 heterocycles. The summed E-state index contributed by atoms with van der Waals surface area (Å²) >= 11 is 0. The first-order valence-electron chi connectivity index (χ1n) is 6.41. The summed E-state index contributed by atoms with van der Waals surface area (Å²) in [5, 5.41) is 8.35. The first kappa shape index (κ1) is 13.5. The monoisotopic (exact) mass is 258 g/mol. The van der Waals surface area contributed by atoms with E-state index in [1.807, 2.05) is 39.0 Å². The second-order valence-electron chi connectivity index (χ2n) is 4.65. The van der Waals surface area contributed by atoms with Crippen LogP contribution in [0.15, 0.2) is 28.4 Å². The lowest BCUT2D eigenvalue weighted by Gasteiger charge is -2.17. The van der Waals surface area contributed by atoms with Crippen LogP contribution in [0.4, 0.5) is 0 Å². The molecule has 1 aromatic carbocycles. The van der Waals surface area contributed by atoms with Gasteiger partial charge < -0.3 is 4.74 Å². The van der Waals surface area contributed by atoms with Crippen molar-refractivity contribution in [2.24, 2.45) is 10.2 Å². The summed E-state index contributed by atoms with van der Waals surface area (Å²) in [4.78, 5) is 12.2. The van der Waals surface area contributed by atoms with Gasteiger partial charge in [0.25, 0.3) is 0 Å². The maximum Gasteiger partial charge on any atom is 0.319 e. The quantitative estimate of drug-likeness (QED) is 0.766. The normalized spacial score (nSPS) is 18.0. The van der Waals surface area contributed by atoms with Crippen LogP contribution in [-0.4, -0.2) is 24.0 Å². The molecular weight excluding hydrogens is 240 g/mol. The summed E-state index contributed by atoms with van der Waals surface area (Å²) in [5.41, 5.74) is 4.53.